The molecule has 0 aliphatic carbocycles. The molecular formula is C21H22FN5O. The molecule has 7 heteroatoms. The number of aryl methyl sites for hydroxylation is 1. The van der Waals surface area contributed by atoms with Crippen LogP contribution >= 0.6 is 0 Å². The Labute approximate surface area is 161 Å². The Morgan fingerprint density at radius 2 is 2.04 bits per heavy atom. The number of H-pyrrole nitrogens is 1. The molecule has 0 bridgehead atoms. The summed E-state index contributed by atoms with van der Waals surface area (Å²) in [6, 6.07) is 7.22. The first-order valence-electron chi connectivity index (χ1n) is 9.24. The maximum Gasteiger partial charge on any atom is 0.256 e. The van der Waals surface area contributed by atoms with E-state index in [1.807, 2.05) is 45.3 Å². The molecular weight excluding hydrogens is 357 g/mol. The summed E-state index contributed by atoms with van der Waals surface area (Å²) in [6.45, 7) is 3.39. The van der Waals surface area contributed by atoms with E-state index in [4.69, 9.17) is 4.98 Å². The number of hydrogen-bond acceptors (Lipinski definition) is 4. The number of nitrogens with one attached hydrogen (secondary N) is 2. The SMILES string of the molecule is CC(C)[C@@H](CF)Nc1nc2ccc(-c3cnn(C)c3)cc2c2c(=O)[nH]ccc12. The van der Waals surface area contributed by atoms with E-state index >= 15 is 0 Å². The number of halogens is 1. The molecule has 0 fully saturated rings. The van der Waals surface area contributed by atoms with Crippen LogP contribution in [0.25, 0.3) is 32.8 Å². The van der Waals surface area contributed by atoms with Crippen LogP contribution in [0.2, 0.25) is 0 Å². The van der Waals surface area contributed by atoms with Crippen molar-refractivity contribution in [2.45, 2.75) is 19.9 Å². The highest BCUT2D eigenvalue weighted by molar-refractivity contribution is 6.10. The molecule has 1 atom stereocenters. The van der Waals surface area contributed by atoms with Gasteiger partial charge in [-0.25, -0.2) is 9.37 Å². The van der Waals surface area contributed by atoms with Gasteiger partial charge in [0.05, 0.1) is 23.1 Å². The number of benzene rings is 1. The minimum atomic E-state index is -0.512. The summed E-state index contributed by atoms with van der Waals surface area (Å²) in [4.78, 5) is 20.1. The first-order valence-corrected chi connectivity index (χ1v) is 9.24. The standard InChI is InChI=1S/C21H22FN5O/c1-12(2)18(9-22)26-20-15-6-7-23-21(28)19(15)16-8-13(4-5-17(16)25-20)14-10-24-27(3)11-14/h4-8,10-12,18H,9H2,1-3H3,(H,23,28)(H,25,26)/t18-/m1/s1. The zero-order chi connectivity index (χ0) is 19.8. The highest BCUT2D eigenvalue weighted by atomic mass is 19.1. The van der Waals surface area contributed by atoms with Gasteiger partial charge in [-0.2, -0.15) is 5.10 Å². The smallest absolute Gasteiger partial charge is 0.256 e. The third kappa shape index (κ3) is 3.13. The second-order valence-electron chi connectivity index (χ2n) is 7.34. The number of anilines is 1. The molecule has 0 amide bonds. The minimum absolute atomic E-state index is 0.0903. The van der Waals surface area contributed by atoms with Crippen molar-refractivity contribution >= 4 is 27.5 Å². The first-order chi connectivity index (χ1) is 13.5. The van der Waals surface area contributed by atoms with Gasteiger partial charge in [0, 0.05) is 35.8 Å². The van der Waals surface area contributed by atoms with Crippen LogP contribution in [0, 0.1) is 5.92 Å². The van der Waals surface area contributed by atoms with Gasteiger partial charge >= 0.3 is 0 Å². The van der Waals surface area contributed by atoms with E-state index in [1.54, 1.807) is 23.1 Å². The van der Waals surface area contributed by atoms with Gasteiger partial charge in [-0.1, -0.05) is 19.9 Å². The van der Waals surface area contributed by atoms with Gasteiger partial charge in [0.2, 0.25) is 0 Å². The summed E-state index contributed by atoms with van der Waals surface area (Å²) in [5.41, 5.74) is 2.40. The van der Waals surface area contributed by atoms with Crippen molar-refractivity contribution in [1.29, 1.82) is 0 Å². The number of aromatic nitrogens is 4. The molecule has 0 saturated heterocycles. The Kier molecular flexibility index (Phi) is 4.58. The Hall–Kier alpha value is -3.22. The Morgan fingerprint density at radius 1 is 1.21 bits per heavy atom. The number of pyridine rings is 2. The Morgan fingerprint density at radius 3 is 2.71 bits per heavy atom. The molecule has 0 aliphatic rings. The average molecular weight is 379 g/mol. The maximum atomic E-state index is 13.5. The van der Waals surface area contributed by atoms with Crippen LogP contribution in [-0.4, -0.2) is 32.5 Å². The van der Waals surface area contributed by atoms with E-state index in [0.29, 0.717) is 22.1 Å². The summed E-state index contributed by atoms with van der Waals surface area (Å²) in [6.07, 6.45) is 5.30. The van der Waals surface area contributed by atoms with Crippen LogP contribution in [0.5, 0.6) is 0 Å². The third-order valence-electron chi connectivity index (χ3n) is 5.05. The number of hydrogen-bond donors (Lipinski definition) is 2. The van der Waals surface area contributed by atoms with Gasteiger partial charge in [0.15, 0.2) is 0 Å². The lowest BCUT2D eigenvalue weighted by atomic mass is 10.0. The number of aromatic amines is 1. The average Bonchev–Trinajstić information content (AvgIpc) is 3.11. The van der Waals surface area contributed by atoms with Crippen molar-refractivity contribution in [3.63, 3.8) is 0 Å². The molecule has 0 spiro atoms. The minimum Gasteiger partial charge on any atom is -0.364 e. The summed E-state index contributed by atoms with van der Waals surface area (Å²) in [5.74, 6) is 0.617. The first kappa shape index (κ1) is 18.2. The van der Waals surface area contributed by atoms with Crippen LogP contribution in [0.3, 0.4) is 0 Å². The second-order valence-corrected chi connectivity index (χ2v) is 7.34. The van der Waals surface area contributed by atoms with Crippen molar-refractivity contribution in [1.82, 2.24) is 19.7 Å². The number of alkyl halides is 1. The molecule has 0 aliphatic heterocycles. The van der Waals surface area contributed by atoms with E-state index in [9.17, 15) is 9.18 Å². The molecule has 3 aromatic heterocycles. The molecule has 2 N–H and O–H groups in total. The fourth-order valence-electron chi connectivity index (χ4n) is 3.38. The summed E-state index contributed by atoms with van der Waals surface area (Å²) >= 11 is 0. The van der Waals surface area contributed by atoms with Gasteiger partial charge in [-0.3, -0.25) is 9.48 Å². The number of nitrogens with zero attached hydrogens (tertiary/aromatic N) is 3. The molecule has 0 radical (unpaired) electrons. The second kappa shape index (κ2) is 7.07. The third-order valence-corrected chi connectivity index (χ3v) is 5.05. The molecule has 3 heterocycles. The highest BCUT2D eigenvalue weighted by Crippen LogP contribution is 2.31. The molecule has 28 heavy (non-hydrogen) atoms. The van der Waals surface area contributed by atoms with Crippen LogP contribution < -0.4 is 10.9 Å². The van der Waals surface area contributed by atoms with E-state index in [1.165, 1.54) is 0 Å². The van der Waals surface area contributed by atoms with Crippen molar-refractivity contribution in [3.8, 4) is 11.1 Å². The normalized spacial score (nSPS) is 12.8. The van der Waals surface area contributed by atoms with Crippen LogP contribution in [0.1, 0.15) is 13.8 Å². The lowest BCUT2D eigenvalue weighted by molar-refractivity contribution is 0.384. The Balaban J connectivity index is 1.96. The molecule has 0 unspecified atom stereocenters. The monoisotopic (exact) mass is 379 g/mol. The van der Waals surface area contributed by atoms with Gasteiger partial charge in [-0.05, 0) is 29.7 Å². The Bertz CT molecular complexity index is 1210. The molecule has 6 nitrogen and oxygen atoms in total. The quantitative estimate of drug-likeness (QED) is 0.516. The largest absolute Gasteiger partial charge is 0.364 e. The lowest BCUT2D eigenvalue weighted by Gasteiger charge is -2.21. The number of fused-ring (bicyclic) bond motifs is 3. The van der Waals surface area contributed by atoms with Gasteiger partial charge in [0.1, 0.15) is 12.5 Å². The summed E-state index contributed by atoms with van der Waals surface area (Å²) in [7, 11) is 1.86. The maximum absolute atomic E-state index is 13.5. The topological polar surface area (TPSA) is 75.6 Å². The van der Waals surface area contributed by atoms with Crippen molar-refractivity contribution in [3.05, 3.63) is 53.2 Å². The van der Waals surface area contributed by atoms with Gasteiger partial charge < -0.3 is 10.3 Å². The summed E-state index contributed by atoms with van der Waals surface area (Å²) in [5, 5.41) is 9.38. The molecule has 1 aromatic carbocycles. The molecule has 4 rings (SSSR count). The van der Waals surface area contributed by atoms with Gasteiger partial charge in [-0.15, -0.1) is 0 Å². The van der Waals surface area contributed by atoms with Crippen molar-refractivity contribution < 1.29 is 4.39 Å². The summed E-state index contributed by atoms with van der Waals surface area (Å²) < 4.78 is 15.2. The zero-order valence-corrected chi connectivity index (χ0v) is 16.0. The van der Waals surface area contributed by atoms with Crippen molar-refractivity contribution in [2.75, 3.05) is 12.0 Å². The fourth-order valence-corrected chi connectivity index (χ4v) is 3.38. The number of rotatable bonds is 5. The van der Waals surface area contributed by atoms with Crippen LogP contribution in [0.4, 0.5) is 10.2 Å². The predicted octanol–water partition coefficient (Wildman–Crippen LogP) is 3.88. The molecule has 144 valence electrons. The highest BCUT2D eigenvalue weighted by Gasteiger charge is 2.18. The van der Waals surface area contributed by atoms with E-state index in [2.05, 4.69) is 15.4 Å². The molecule has 0 saturated carbocycles. The van der Waals surface area contributed by atoms with Gasteiger partial charge in [0.25, 0.3) is 5.56 Å². The lowest BCUT2D eigenvalue weighted by Crippen LogP contribution is -2.28. The predicted molar refractivity (Wildman–Crippen MR) is 110 cm³/mol. The van der Waals surface area contributed by atoms with E-state index < -0.39 is 6.67 Å². The van der Waals surface area contributed by atoms with E-state index in [-0.39, 0.29) is 17.5 Å². The zero-order valence-electron chi connectivity index (χ0n) is 16.0. The van der Waals surface area contributed by atoms with Crippen LogP contribution in [-0.2, 0) is 7.05 Å². The van der Waals surface area contributed by atoms with Crippen LogP contribution in [0.15, 0.2) is 47.7 Å². The molecule has 4 aromatic rings. The van der Waals surface area contributed by atoms with Crippen molar-refractivity contribution in [2.24, 2.45) is 13.0 Å². The van der Waals surface area contributed by atoms with E-state index in [0.717, 1.165) is 16.5 Å². The fraction of sp³-hybridized carbons (Fsp3) is 0.286.